The summed E-state index contributed by atoms with van der Waals surface area (Å²) in [6, 6.07) is 2.16. The van der Waals surface area contributed by atoms with Gasteiger partial charge in [0.2, 0.25) is 0 Å². The molecule has 0 aliphatic rings. The zero-order valence-electron chi connectivity index (χ0n) is 10.1. The van der Waals surface area contributed by atoms with Crippen molar-refractivity contribution >= 4 is 27.5 Å². The number of nitrogen functional groups attached to an aromatic ring is 1. The van der Waals surface area contributed by atoms with Crippen LogP contribution in [0.5, 0.6) is 0 Å². The maximum absolute atomic E-state index is 13.1. The van der Waals surface area contributed by atoms with Crippen molar-refractivity contribution in [1.82, 2.24) is 5.32 Å². The number of ether oxygens (including phenoxy) is 1. The molecule has 1 aromatic rings. The summed E-state index contributed by atoms with van der Waals surface area (Å²) in [6.07, 6.45) is -4.40. The highest BCUT2D eigenvalue weighted by Gasteiger charge is 2.27. The third-order valence-electron chi connectivity index (χ3n) is 2.13. The van der Waals surface area contributed by atoms with Crippen molar-refractivity contribution in [3.05, 3.63) is 28.0 Å². The number of benzene rings is 1. The van der Waals surface area contributed by atoms with E-state index in [-0.39, 0.29) is 28.9 Å². The quantitative estimate of drug-likeness (QED) is 0.482. The van der Waals surface area contributed by atoms with Crippen LogP contribution in [0.15, 0.2) is 16.6 Å². The lowest BCUT2D eigenvalue weighted by atomic mass is 10.2. The molecule has 0 aromatic heterocycles. The summed E-state index contributed by atoms with van der Waals surface area (Å²) >= 11 is 2.99. The normalized spacial score (nSPS) is 11.4. The minimum atomic E-state index is -4.40. The van der Waals surface area contributed by atoms with Gasteiger partial charge in [0.25, 0.3) is 5.91 Å². The fourth-order valence-corrected chi connectivity index (χ4v) is 1.76. The molecule has 1 aromatic carbocycles. The van der Waals surface area contributed by atoms with Crippen molar-refractivity contribution in [3.63, 3.8) is 0 Å². The van der Waals surface area contributed by atoms with Gasteiger partial charge in [-0.1, -0.05) is 0 Å². The van der Waals surface area contributed by atoms with Crippen molar-refractivity contribution in [2.75, 3.05) is 25.5 Å². The number of anilines is 1. The third-order valence-corrected chi connectivity index (χ3v) is 2.78. The molecule has 0 saturated carbocycles. The number of rotatable bonds is 5. The summed E-state index contributed by atoms with van der Waals surface area (Å²) in [7, 11) is 0. The van der Waals surface area contributed by atoms with Crippen LogP contribution in [0.4, 0.5) is 23.2 Å². The number of alkyl halides is 3. The van der Waals surface area contributed by atoms with Crippen LogP contribution in [0.3, 0.4) is 0 Å². The molecule has 0 atom stereocenters. The molecule has 0 unspecified atom stereocenters. The van der Waals surface area contributed by atoms with Crippen molar-refractivity contribution in [1.29, 1.82) is 0 Å². The summed E-state index contributed by atoms with van der Waals surface area (Å²) in [4.78, 5) is 11.7. The van der Waals surface area contributed by atoms with E-state index in [9.17, 15) is 22.4 Å². The van der Waals surface area contributed by atoms with Gasteiger partial charge in [0.05, 0.1) is 17.9 Å². The highest BCUT2D eigenvalue weighted by Crippen LogP contribution is 2.22. The van der Waals surface area contributed by atoms with Gasteiger partial charge in [0.15, 0.2) is 0 Å². The number of nitrogens with two attached hydrogens (primary N) is 1. The van der Waals surface area contributed by atoms with E-state index in [2.05, 4.69) is 26.0 Å². The van der Waals surface area contributed by atoms with Crippen LogP contribution >= 0.6 is 15.9 Å². The van der Waals surface area contributed by atoms with E-state index < -0.39 is 24.5 Å². The van der Waals surface area contributed by atoms with E-state index >= 15 is 0 Å². The van der Waals surface area contributed by atoms with Crippen molar-refractivity contribution in [2.24, 2.45) is 0 Å². The van der Waals surface area contributed by atoms with Crippen molar-refractivity contribution in [2.45, 2.75) is 6.18 Å². The third kappa shape index (κ3) is 5.33. The Morgan fingerprint density at radius 3 is 2.65 bits per heavy atom. The van der Waals surface area contributed by atoms with E-state index in [1.807, 2.05) is 0 Å². The van der Waals surface area contributed by atoms with E-state index in [0.717, 1.165) is 12.1 Å². The minimum Gasteiger partial charge on any atom is -0.396 e. The highest BCUT2D eigenvalue weighted by molar-refractivity contribution is 9.10. The Kier molecular flexibility index (Phi) is 5.75. The van der Waals surface area contributed by atoms with Gasteiger partial charge in [-0.25, -0.2) is 4.39 Å². The average Bonchev–Trinajstić information content (AvgIpc) is 2.31. The van der Waals surface area contributed by atoms with E-state index in [1.165, 1.54) is 0 Å². The van der Waals surface area contributed by atoms with E-state index in [1.54, 1.807) is 0 Å². The zero-order chi connectivity index (χ0) is 15.3. The second kappa shape index (κ2) is 6.89. The maximum Gasteiger partial charge on any atom is 0.411 e. The molecule has 0 fully saturated rings. The summed E-state index contributed by atoms with van der Waals surface area (Å²) < 4.78 is 52.9. The van der Waals surface area contributed by atoms with Gasteiger partial charge >= 0.3 is 6.18 Å². The fraction of sp³-hybridized carbons (Fsp3) is 0.364. The van der Waals surface area contributed by atoms with Crippen molar-refractivity contribution < 1.29 is 27.1 Å². The number of carbonyl (C=O) groups excluding carboxylic acids is 1. The summed E-state index contributed by atoms with van der Waals surface area (Å²) in [5, 5.41) is 2.33. The molecule has 0 spiro atoms. The molecule has 0 saturated heterocycles. The van der Waals surface area contributed by atoms with E-state index in [4.69, 9.17) is 5.73 Å². The average molecular weight is 359 g/mol. The maximum atomic E-state index is 13.1. The van der Waals surface area contributed by atoms with Gasteiger partial charge in [-0.15, -0.1) is 0 Å². The minimum absolute atomic E-state index is 0.0831. The van der Waals surface area contributed by atoms with Gasteiger partial charge < -0.3 is 15.8 Å². The van der Waals surface area contributed by atoms with Gasteiger partial charge in [0, 0.05) is 11.0 Å². The molecule has 9 heteroatoms. The first-order valence-corrected chi connectivity index (χ1v) is 6.17. The Morgan fingerprint density at radius 2 is 2.05 bits per heavy atom. The summed E-state index contributed by atoms with van der Waals surface area (Å²) in [6.45, 7) is -1.78. The molecule has 1 rings (SSSR count). The smallest absolute Gasteiger partial charge is 0.396 e. The molecule has 0 aliphatic heterocycles. The first kappa shape index (κ1) is 16.7. The van der Waals surface area contributed by atoms with Crippen LogP contribution in [0, 0.1) is 5.82 Å². The molecule has 0 bridgehead atoms. The highest BCUT2D eigenvalue weighted by atomic mass is 79.9. The standard InChI is InChI=1S/C11H11BrF4N2O2/c12-7-4-8(13)9(17)3-6(7)10(19)18-1-2-20-5-11(14,15)16/h3-4H,1-2,5,17H2,(H,18,19). The molecule has 112 valence electrons. The van der Waals surface area contributed by atoms with Crippen LogP contribution < -0.4 is 11.1 Å². The lowest BCUT2D eigenvalue weighted by molar-refractivity contribution is -0.173. The molecule has 20 heavy (non-hydrogen) atoms. The molecule has 1 amide bonds. The lowest BCUT2D eigenvalue weighted by Gasteiger charge is -2.10. The number of halogens is 5. The predicted octanol–water partition coefficient (Wildman–Crippen LogP) is 2.48. The van der Waals surface area contributed by atoms with Crippen LogP contribution in [0.1, 0.15) is 10.4 Å². The molecule has 0 aliphatic carbocycles. The van der Waals surface area contributed by atoms with Gasteiger partial charge in [0.1, 0.15) is 12.4 Å². The monoisotopic (exact) mass is 358 g/mol. The van der Waals surface area contributed by atoms with Gasteiger partial charge in [-0.2, -0.15) is 13.2 Å². The lowest BCUT2D eigenvalue weighted by Crippen LogP contribution is -2.29. The Labute approximate surface area is 120 Å². The summed E-state index contributed by atoms with van der Waals surface area (Å²) in [5.41, 5.74) is 5.21. The second-order valence-corrected chi connectivity index (χ2v) is 4.63. The second-order valence-electron chi connectivity index (χ2n) is 3.78. The van der Waals surface area contributed by atoms with Gasteiger partial charge in [-0.05, 0) is 28.1 Å². The van der Waals surface area contributed by atoms with Crippen LogP contribution in [0.25, 0.3) is 0 Å². The van der Waals surface area contributed by atoms with Gasteiger partial charge in [-0.3, -0.25) is 4.79 Å². The SMILES string of the molecule is Nc1cc(C(=O)NCCOCC(F)(F)F)c(Br)cc1F. The Hall–Kier alpha value is -1.35. The number of hydrogen-bond donors (Lipinski definition) is 2. The van der Waals surface area contributed by atoms with Crippen LogP contribution in [-0.2, 0) is 4.74 Å². The first-order valence-electron chi connectivity index (χ1n) is 5.38. The number of amides is 1. The van der Waals surface area contributed by atoms with E-state index in [0.29, 0.717) is 0 Å². The topological polar surface area (TPSA) is 64.4 Å². The summed E-state index contributed by atoms with van der Waals surface area (Å²) in [5.74, 6) is -1.28. The molecular formula is C11H11BrF4N2O2. The number of nitrogens with one attached hydrogen (secondary N) is 1. The molecule has 0 radical (unpaired) electrons. The Bertz CT molecular complexity index is 494. The molecule has 0 heterocycles. The predicted molar refractivity (Wildman–Crippen MR) is 67.7 cm³/mol. The Balaban J connectivity index is 2.46. The fourth-order valence-electron chi connectivity index (χ4n) is 1.26. The van der Waals surface area contributed by atoms with Crippen molar-refractivity contribution in [3.8, 4) is 0 Å². The van der Waals surface area contributed by atoms with Crippen LogP contribution in [-0.4, -0.2) is 31.8 Å². The molecular weight excluding hydrogens is 348 g/mol. The number of carbonyl (C=O) groups is 1. The zero-order valence-corrected chi connectivity index (χ0v) is 11.6. The Morgan fingerprint density at radius 1 is 1.40 bits per heavy atom. The largest absolute Gasteiger partial charge is 0.411 e. The molecule has 3 N–H and O–H groups in total. The molecule has 4 nitrogen and oxygen atoms in total. The van der Waals surface area contributed by atoms with Crippen LogP contribution in [0.2, 0.25) is 0 Å². The number of hydrogen-bond acceptors (Lipinski definition) is 3. The first-order chi connectivity index (χ1) is 9.20.